The number of ketones is 1. The fourth-order valence-electron chi connectivity index (χ4n) is 5.24. The molecule has 0 bridgehead atoms. The van der Waals surface area contributed by atoms with Gasteiger partial charge in [-0.2, -0.15) is 0 Å². The summed E-state index contributed by atoms with van der Waals surface area (Å²) in [6.07, 6.45) is 6.33. The highest BCUT2D eigenvalue weighted by molar-refractivity contribution is 6.01. The summed E-state index contributed by atoms with van der Waals surface area (Å²) in [6, 6.07) is 21.6. The van der Waals surface area contributed by atoms with Gasteiger partial charge in [-0.05, 0) is 41.3 Å². The third-order valence-electron chi connectivity index (χ3n) is 7.46. The summed E-state index contributed by atoms with van der Waals surface area (Å²) in [5, 5.41) is 8.37. The number of nitrogens with zero attached hydrogens (tertiary/aromatic N) is 1. The zero-order valence-corrected chi connectivity index (χ0v) is 22.2. The number of hydrogen-bond donors (Lipinski definition) is 3. The van der Waals surface area contributed by atoms with Gasteiger partial charge in [0.05, 0.1) is 23.9 Å². The van der Waals surface area contributed by atoms with E-state index in [-0.39, 0.29) is 30.1 Å². The molecule has 0 saturated carbocycles. The van der Waals surface area contributed by atoms with E-state index in [9.17, 15) is 14.4 Å². The topological polar surface area (TPSA) is 104 Å². The van der Waals surface area contributed by atoms with Crippen molar-refractivity contribution in [1.82, 2.24) is 15.3 Å². The van der Waals surface area contributed by atoms with Crippen molar-refractivity contribution in [2.45, 2.75) is 63.8 Å². The zero-order valence-electron chi connectivity index (χ0n) is 22.2. The van der Waals surface area contributed by atoms with Crippen LogP contribution >= 0.6 is 0 Å². The molecule has 0 radical (unpaired) electrons. The Bertz CT molecular complexity index is 1490. The normalized spacial score (nSPS) is 15.4. The maximum atomic E-state index is 13.6. The minimum atomic E-state index is -0.561. The van der Waals surface area contributed by atoms with Gasteiger partial charge >= 0.3 is 0 Å². The average molecular weight is 523 g/mol. The van der Waals surface area contributed by atoms with E-state index in [1.165, 1.54) is 5.39 Å². The van der Waals surface area contributed by atoms with Gasteiger partial charge in [0.1, 0.15) is 11.6 Å². The van der Waals surface area contributed by atoms with Crippen molar-refractivity contribution in [3.63, 3.8) is 0 Å². The maximum absolute atomic E-state index is 13.6. The summed E-state index contributed by atoms with van der Waals surface area (Å²) >= 11 is 0. The molecule has 200 valence electrons. The zero-order chi connectivity index (χ0) is 27.2. The number of anilines is 1. The number of fused-ring (bicyclic) bond motifs is 2. The first-order valence-electron chi connectivity index (χ1n) is 13.8. The number of para-hydroxylation sites is 1. The Morgan fingerprint density at radius 2 is 1.79 bits per heavy atom. The van der Waals surface area contributed by atoms with E-state index in [0.29, 0.717) is 30.8 Å². The third kappa shape index (κ3) is 6.25. The largest absolute Gasteiger partial charge is 0.346 e. The highest BCUT2D eigenvalue weighted by Gasteiger charge is 2.32. The number of carbonyl (C=O) groups excluding carboxylic acids is 3. The molecular formula is C32H34N4O3. The van der Waals surface area contributed by atoms with Gasteiger partial charge in [0.25, 0.3) is 0 Å². The van der Waals surface area contributed by atoms with E-state index >= 15 is 0 Å². The number of amides is 2. The number of benzene rings is 3. The maximum Gasteiger partial charge on any atom is 0.228 e. The van der Waals surface area contributed by atoms with Crippen molar-refractivity contribution < 1.29 is 14.4 Å². The number of H-pyrrole nitrogens is 1. The molecule has 3 aromatic carbocycles. The van der Waals surface area contributed by atoms with Crippen LogP contribution in [0.1, 0.15) is 75.2 Å². The molecule has 1 aliphatic heterocycles. The van der Waals surface area contributed by atoms with Crippen molar-refractivity contribution in [3.8, 4) is 11.3 Å². The Hall–Kier alpha value is -4.26. The summed E-state index contributed by atoms with van der Waals surface area (Å²) in [7, 11) is 0. The first kappa shape index (κ1) is 26.4. The Balaban J connectivity index is 1.35. The van der Waals surface area contributed by atoms with E-state index in [1.54, 1.807) is 0 Å². The van der Waals surface area contributed by atoms with Crippen LogP contribution in [-0.4, -0.2) is 27.6 Å². The van der Waals surface area contributed by atoms with Crippen LogP contribution < -0.4 is 10.6 Å². The third-order valence-corrected chi connectivity index (χ3v) is 7.46. The predicted octanol–water partition coefficient (Wildman–Crippen LogP) is 6.44. The number of aromatic nitrogens is 2. The molecule has 39 heavy (non-hydrogen) atoms. The van der Waals surface area contributed by atoms with Gasteiger partial charge in [0, 0.05) is 30.5 Å². The Labute approximate surface area is 228 Å². The molecule has 0 fully saturated rings. The molecule has 1 unspecified atom stereocenters. The average Bonchev–Trinajstić information content (AvgIpc) is 3.45. The molecule has 0 saturated heterocycles. The Morgan fingerprint density at radius 1 is 1.00 bits per heavy atom. The predicted molar refractivity (Wildman–Crippen MR) is 153 cm³/mol. The molecule has 1 aromatic heterocycles. The van der Waals surface area contributed by atoms with Crippen molar-refractivity contribution in [3.05, 3.63) is 84.3 Å². The van der Waals surface area contributed by atoms with Crippen LogP contribution in [0.25, 0.3) is 22.0 Å². The van der Waals surface area contributed by atoms with Crippen LogP contribution in [0.4, 0.5) is 5.69 Å². The van der Waals surface area contributed by atoms with Crippen molar-refractivity contribution in [2.24, 2.45) is 0 Å². The molecule has 2 amide bonds. The SMILES string of the molecule is CCC(=O)CCCCC[C@H](NC(=O)C1CC(=O)Nc2ccccc21)c1ncc(-c2ccc3ccccc3c2)[nH]1. The minimum absolute atomic E-state index is 0.106. The molecule has 2 heterocycles. The smallest absolute Gasteiger partial charge is 0.228 e. The standard InChI is InChI=1S/C32H34N4O3/c1-2-24(37)12-4-3-5-15-28(36-32(39)26-19-30(38)34-27-14-9-8-13-25(26)27)31-33-20-29(35-31)23-17-16-21-10-6-7-11-22(21)18-23/h6-11,13-14,16-18,20,26,28H,2-5,12,15,19H2,1H3,(H,33,35)(H,34,38)(H,36,39)/t26?,28-/m0/s1. The summed E-state index contributed by atoms with van der Waals surface area (Å²) in [6.45, 7) is 1.89. The van der Waals surface area contributed by atoms with Gasteiger partial charge in [0.2, 0.25) is 11.8 Å². The molecular weight excluding hydrogens is 488 g/mol. The quantitative estimate of drug-likeness (QED) is 0.197. The highest BCUT2D eigenvalue weighted by atomic mass is 16.2. The molecule has 2 atom stereocenters. The monoisotopic (exact) mass is 522 g/mol. The molecule has 5 rings (SSSR count). The second kappa shape index (κ2) is 12.1. The van der Waals surface area contributed by atoms with Gasteiger partial charge < -0.3 is 15.6 Å². The molecule has 1 aliphatic rings. The van der Waals surface area contributed by atoms with Crippen LogP contribution in [0, 0.1) is 0 Å². The van der Waals surface area contributed by atoms with E-state index in [2.05, 4.69) is 50.9 Å². The van der Waals surface area contributed by atoms with E-state index in [0.717, 1.165) is 41.5 Å². The lowest BCUT2D eigenvalue weighted by Gasteiger charge is -2.26. The summed E-state index contributed by atoms with van der Waals surface area (Å²) in [4.78, 5) is 45.7. The first-order valence-corrected chi connectivity index (χ1v) is 13.8. The number of carbonyl (C=O) groups is 3. The summed E-state index contributed by atoms with van der Waals surface area (Å²) in [5.74, 6) is 0.0501. The van der Waals surface area contributed by atoms with Crippen LogP contribution in [0.3, 0.4) is 0 Å². The van der Waals surface area contributed by atoms with Gasteiger partial charge in [-0.25, -0.2) is 4.98 Å². The molecule has 7 nitrogen and oxygen atoms in total. The molecule has 3 N–H and O–H groups in total. The molecule has 4 aromatic rings. The van der Waals surface area contributed by atoms with Crippen molar-refractivity contribution in [1.29, 1.82) is 0 Å². The van der Waals surface area contributed by atoms with E-state index in [4.69, 9.17) is 0 Å². The lowest BCUT2D eigenvalue weighted by Crippen LogP contribution is -2.37. The number of nitrogens with one attached hydrogen (secondary N) is 3. The molecule has 7 heteroatoms. The van der Waals surface area contributed by atoms with Gasteiger partial charge in [-0.1, -0.05) is 74.4 Å². The number of imidazole rings is 1. The van der Waals surface area contributed by atoms with E-state index < -0.39 is 5.92 Å². The summed E-state index contributed by atoms with van der Waals surface area (Å²) < 4.78 is 0. The second-order valence-electron chi connectivity index (χ2n) is 10.2. The summed E-state index contributed by atoms with van der Waals surface area (Å²) in [5.41, 5.74) is 3.41. The number of rotatable bonds is 11. The second-order valence-corrected chi connectivity index (χ2v) is 10.2. The minimum Gasteiger partial charge on any atom is -0.346 e. The van der Waals surface area contributed by atoms with Crippen LogP contribution in [0.2, 0.25) is 0 Å². The van der Waals surface area contributed by atoms with Crippen LogP contribution in [0.15, 0.2) is 72.9 Å². The number of hydrogen-bond acceptors (Lipinski definition) is 4. The number of unbranched alkanes of at least 4 members (excludes halogenated alkanes) is 2. The first-order chi connectivity index (χ1) is 19.0. The van der Waals surface area contributed by atoms with Crippen LogP contribution in [0.5, 0.6) is 0 Å². The Morgan fingerprint density at radius 3 is 2.64 bits per heavy atom. The number of Topliss-reactive ketones (excluding diaryl/α,β-unsaturated/α-hetero) is 1. The van der Waals surface area contributed by atoms with Crippen molar-refractivity contribution >= 4 is 34.1 Å². The molecule has 0 aliphatic carbocycles. The lowest BCUT2D eigenvalue weighted by atomic mass is 9.89. The van der Waals surface area contributed by atoms with Crippen LogP contribution in [-0.2, 0) is 14.4 Å². The fraction of sp³-hybridized carbons (Fsp3) is 0.312. The van der Waals surface area contributed by atoms with Crippen molar-refractivity contribution in [2.75, 3.05) is 5.32 Å². The van der Waals surface area contributed by atoms with Gasteiger partial charge in [-0.3, -0.25) is 14.4 Å². The molecule has 0 spiro atoms. The van der Waals surface area contributed by atoms with Gasteiger partial charge in [0.15, 0.2) is 0 Å². The number of aromatic amines is 1. The Kier molecular flexibility index (Phi) is 8.16. The lowest BCUT2D eigenvalue weighted by molar-refractivity contribution is -0.127. The van der Waals surface area contributed by atoms with Gasteiger partial charge in [-0.15, -0.1) is 0 Å². The fourth-order valence-corrected chi connectivity index (χ4v) is 5.24. The highest BCUT2D eigenvalue weighted by Crippen LogP contribution is 2.33. The van der Waals surface area contributed by atoms with E-state index in [1.807, 2.05) is 49.5 Å².